The number of fused-ring (bicyclic) bond motifs is 1. The van der Waals surface area contributed by atoms with Crippen molar-refractivity contribution in [2.75, 3.05) is 18.9 Å². The molecule has 3 spiro atoms. The molecule has 13 atom stereocenters. The number of aliphatic hydroxyl groups is 6. The molecular formula is C51H54N2O11S2. The highest BCUT2D eigenvalue weighted by Gasteiger charge is 2.76. The Labute approximate surface area is 389 Å². The second-order valence-electron chi connectivity index (χ2n) is 20.4. The molecule has 0 amide bonds. The summed E-state index contributed by atoms with van der Waals surface area (Å²) in [6.45, 7) is -0.376. The SMILES string of the molecule is O=C[C@@H]1CCC[C@@]12CC[C@]13C4=CCNC5=C4C(=C[C@H]21)C[C@@H](N5)SSC[C@]12C(=O)c4c(cccc4C(=O)[C@H]1C=C(Cc1cccc(CO)c1)C=C2O)O[C@@H]1O[C@@]2(CO)CC[C@@H]3[C@](O)([C@@H]2O)[C@H]1O. The monoisotopic (exact) mass is 934 g/mol. The van der Waals surface area contributed by atoms with E-state index in [9.17, 15) is 35.4 Å². The van der Waals surface area contributed by atoms with Crippen LogP contribution in [0.3, 0.4) is 0 Å². The number of hydrogen-bond donors (Lipinski definition) is 8. The Hall–Kier alpha value is -4.19. The molecule has 6 aliphatic carbocycles. The predicted molar refractivity (Wildman–Crippen MR) is 245 cm³/mol. The Morgan fingerprint density at radius 3 is 2.64 bits per heavy atom. The van der Waals surface area contributed by atoms with Gasteiger partial charge in [-0.05, 0) is 96.3 Å². The van der Waals surface area contributed by atoms with Crippen molar-refractivity contribution in [3.8, 4) is 5.75 Å². The Morgan fingerprint density at radius 2 is 1.82 bits per heavy atom. The highest BCUT2D eigenvalue weighted by Crippen LogP contribution is 2.75. The van der Waals surface area contributed by atoms with Crippen LogP contribution in [0.15, 0.2) is 101 Å². The minimum absolute atomic E-state index is 0.00810. The van der Waals surface area contributed by atoms with Crippen molar-refractivity contribution in [1.82, 2.24) is 10.6 Å². The van der Waals surface area contributed by atoms with Crippen LogP contribution in [0.2, 0.25) is 0 Å². The van der Waals surface area contributed by atoms with Gasteiger partial charge in [-0.25, -0.2) is 0 Å². The molecule has 15 heteroatoms. The Bertz CT molecular complexity index is 2640. The first-order valence-corrected chi connectivity index (χ1v) is 25.7. The Kier molecular flexibility index (Phi) is 9.90. The summed E-state index contributed by atoms with van der Waals surface area (Å²) in [6, 6.07) is 12.0. The first-order chi connectivity index (χ1) is 31.9. The van der Waals surface area contributed by atoms with Crippen LogP contribution in [-0.4, -0.2) is 102 Å². The fourth-order valence-corrected chi connectivity index (χ4v) is 17.7. The van der Waals surface area contributed by atoms with Crippen LogP contribution in [0.1, 0.15) is 83.2 Å². The molecule has 8 N–H and O–H groups in total. The summed E-state index contributed by atoms with van der Waals surface area (Å²) in [5, 5.41) is 79.3. The highest BCUT2D eigenvalue weighted by molar-refractivity contribution is 8.76. The molecule has 66 heavy (non-hydrogen) atoms. The molecule has 0 unspecified atom stereocenters. The molecule has 3 saturated carbocycles. The van der Waals surface area contributed by atoms with Crippen LogP contribution >= 0.6 is 21.6 Å². The van der Waals surface area contributed by atoms with Crippen LogP contribution in [0.5, 0.6) is 5.75 Å². The average Bonchev–Trinajstić information content (AvgIpc) is 3.90. The Balaban J connectivity index is 1.04. The molecule has 0 aromatic heterocycles. The van der Waals surface area contributed by atoms with Crippen LogP contribution < -0.4 is 15.4 Å². The van der Waals surface area contributed by atoms with Gasteiger partial charge < -0.3 is 55.5 Å². The van der Waals surface area contributed by atoms with Gasteiger partial charge in [-0.15, -0.1) is 0 Å². The van der Waals surface area contributed by atoms with Gasteiger partial charge in [0.1, 0.15) is 52.4 Å². The molecular weight excluding hydrogens is 881 g/mol. The number of aliphatic hydroxyl groups excluding tert-OH is 5. The molecule has 6 aliphatic heterocycles. The van der Waals surface area contributed by atoms with Gasteiger partial charge in [-0.1, -0.05) is 82.6 Å². The zero-order valence-corrected chi connectivity index (χ0v) is 37.9. The number of nitrogens with one attached hydrogen (secondary N) is 2. The number of ketones is 2. The van der Waals surface area contributed by atoms with Gasteiger partial charge >= 0.3 is 0 Å². The molecule has 1 saturated heterocycles. The van der Waals surface area contributed by atoms with Gasteiger partial charge in [-0.2, -0.15) is 0 Å². The smallest absolute Gasteiger partial charge is 0.229 e. The van der Waals surface area contributed by atoms with Crippen LogP contribution in [-0.2, 0) is 22.6 Å². The van der Waals surface area contributed by atoms with Crippen LogP contribution in [0, 0.1) is 39.9 Å². The summed E-state index contributed by atoms with van der Waals surface area (Å²) >= 11 is 0. The summed E-state index contributed by atoms with van der Waals surface area (Å²) in [7, 11) is 2.94. The van der Waals surface area contributed by atoms with E-state index in [2.05, 4.69) is 22.8 Å². The number of carbonyl (C=O) groups excluding carboxylic acids is 3. The normalized spacial score (nSPS) is 41.7. The van der Waals surface area contributed by atoms with Crippen molar-refractivity contribution in [2.45, 2.75) is 99.5 Å². The lowest BCUT2D eigenvalue weighted by molar-refractivity contribution is -0.384. The van der Waals surface area contributed by atoms with Gasteiger partial charge in [0.25, 0.3) is 0 Å². The standard InChI is InChI=1S/C51H54N2O11S2/c54-22-27-5-1-4-26(16-27)17-28-18-33-41(58)31-7-2-8-34-40(31)42(59)50(33,37(57)19-28)25-65-66-38-21-29-20-36-47(11-3-6-30(47)23-55)13-14-49(36,32-10-15-52-44(53-38)39(29)32)35-9-12-48(24-56)46(61)51(35,62)43(60)45(63-34)64-48/h1-2,4-5,7-8,10,16,18-20,23,30,33,35-36,38,43,45-46,52-54,56-57,60-62H,3,6,9,11-15,17,21-22,24-25H2/t30-,33+,35-,36+,38-,43-,45+,46+,47+,48+,49+,50-,51+/m0/s1. The van der Waals surface area contributed by atoms with E-state index in [0.717, 1.165) is 65.6 Å². The minimum Gasteiger partial charge on any atom is -0.511 e. The summed E-state index contributed by atoms with van der Waals surface area (Å²) in [5.41, 5.74) is -1.79. The number of aldehydes is 1. The summed E-state index contributed by atoms with van der Waals surface area (Å²) in [5.74, 6) is -2.82. The number of rotatable bonds is 5. The zero-order valence-electron chi connectivity index (χ0n) is 36.3. The molecule has 4 fully saturated rings. The number of dihydropyridines is 1. The number of hydrogen-bond acceptors (Lipinski definition) is 15. The Morgan fingerprint density at radius 1 is 0.985 bits per heavy atom. The average molecular weight is 935 g/mol. The topological polar surface area (TPSA) is 215 Å². The van der Waals surface area contributed by atoms with E-state index >= 15 is 9.59 Å². The van der Waals surface area contributed by atoms with E-state index in [1.54, 1.807) is 24.3 Å². The maximum atomic E-state index is 15.6. The molecule has 0 radical (unpaired) electrons. The quantitative estimate of drug-likeness (QED) is 0.148. The molecule has 6 heterocycles. The predicted octanol–water partition coefficient (Wildman–Crippen LogP) is 4.89. The van der Waals surface area contributed by atoms with E-state index in [0.29, 0.717) is 31.4 Å². The fraction of sp³-hybridized carbons (Fsp3) is 0.510. The second kappa shape index (κ2) is 15.2. The first kappa shape index (κ1) is 43.1. The lowest BCUT2D eigenvalue weighted by Crippen LogP contribution is -2.80. The van der Waals surface area contributed by atoms with Gasteiger partial charge in [0.15, 0.2) is 11.6 Å². The largest absolute Gasteiger partial charge is 0.511 e. The fourth-order valence-electron chi connectivity index (χ4n) is 14.8. The molecule has 12 aliphatic rings. The van der Waals surface area contributed by atoms with E-state index in [4.69, 9.17) is 9.47 Å². The molecule has 14 rings (SSSR count). The molecule has 2 aromatic carbocycles. The number of Topliss-reactive ketones (excluding diaryl/α,β-unsaturated/α-hetero) is 2. The first-order valence-electron chi connectivity index (χ1n) is 23.4. The second-order valence-corrected chi connectivity index (χ2v) is 23.0. The number of ether oxygens (including phenoxy) is 2. The summed E-state index contributed by atoms with van der Waals surface area (Å²) < 4.78 is 13.1. The minimum atomic E-state index is -2.33. The van der Waals surface area contributed by atoms with E-state index in [-0.39, 0.29) is 65.0 Å². The van der Waals surface area contributed by atoms with Crippen molar-refractivity contribution in [3.05, 3.63) is 123 Å². The van der Waals surface area contributed by atoms with Crippen LogP contribution in [0.25, 0.3) is 0 Å². The maximum absolute atomic E-state index is 15.6. The number of allylic oxidation sites excluding steroid dienone is 7. The zero-order chi connectivity index (χ0) is 45.5. The van der Waals surface area contributed by atoms with Crippen molar-refractivity contribution in [3.63, 3.8) is 0 Å². The third-order valence-electron chi connectivity index (χ3n) is 17.8. The van der Waals surface area contributed by atoms with Gasteiger partial charge in [0, 0.05) is 47.1 Å². The third-order valence-corrected chi connectivity index (χ3v) is 20.4. The maximum Gasteiger partial charge on any atom is 0.229 e. The molecule has 13 nitrogen and oxygen atoms in total. The highest BCUT2D eigenvalue weighted by atomic mass is 33.1. The molecule has 346 valence electrons. The molecule has 2 aromatic rings. The van der Waals surface area contributed by atoms with Crippen molar-refractivity contribution >= 4 is 39.4 Å². The van der Waals surface area contributed by atoms with Crippen molar-refractivity contribution in [1.29, 1.82) is 0 Å². The van der Waals surface area contributed by atoms with Crippen molar-refractivity contribution < 1.29 is 54.5 Å². The van der Waals surface area contributed by atoms with Crippen LogP contribution in [0.4, 0.5) is 0 Å². The van der Waals surface area contributed by atoms with E-state index < -0.39 is 76.0 Å². The lowest BCUT2D eigenvalue weighted by atomic mass is 9.45. The van der Waals surface area contributed by atoms with Crippen molar-refractivity contribution in [2.24, 2.45) is 39.9 Å². The lowest BCUT2D eigenvalue weighted by Gasteiger charge is -2.65. The number of carbonyl (C=O) groups is 3. The van der Waals surface area contributed by atoms with Gasteiger partial charge in [0.2, 0.25) is 6.29 Å². The third kappa shape index (κ3) is 5.56. The summed E-state index contributed by atoms with van der Waals surface area (Å²) in [4.78, 5) is 43.7. The van der Waals surface area contributed by atoms with Gasteiger partial charge in [-0.3, -0.25) is 9.59 Å². The van der Waals surface area contributed by atoms with E-state index in [1.807, 2.05) is 24.3 Å². The number of benzene rings is 2. The van der Waals surface area contributed by atoms with E-state index in [1.165, 1.54) is 27.7 Å². The van der Waals surface area contributed by atoms with Gasteiger partial charge in [0.05, 0.1) is 30.1 Å². The molecule has 11 bridgehead atoms. The summed E-state index contributed by atoms with van der Waals surface area (Å²) in [6.07, 6.45) is 8.70.